The van der Waals surface area contributed by atoms with E-state index in [1.54, 1.807) is 12.1 Å². The van der Waals surface area contributed by atoms with E-state index in [1.807, 2.05) is 48.7 Å². The van der Waals surface area contributed by atoms with E-state index in [2.05, 4.69) is 5.32 Å². The highest BCUT2D eigenvalue weighted by Crippen LogP contribution is 2.10. The van der Waals surface area contributed by atoms with Gasteiger partial charge >= 0.3 is 0 Å². The quantitative estimate of drug-likeness (QED) is 0.427. The molecule has 0 saturated heterocycles. The van der Waals surface area contributed by atoms with Gasteiger partial charge in [0, 0.05) is 23.0 Å². The Labute approximate surface area is 123 Å². The number of nitrogens with two attached hydrogens (primary N) is 2. The molecule has 5 heteroatoms. The number of amidine groups is 2. The fraction of sp³-hybridized carbons (Fsp3) is 0. The van der Waals surface area contributed by atoms with Crippen molar-refractivity contribution in [1.29, 1.82) is 10.8 Å². The van der Waals surface area contributed by atoms with Gasteiger partial charge in [0.15, 0.2) is 0 Å². The molecule has 106 valence electrons. The first kappa shape index (κ1) is 14.3. The van der Waals surface area contributed by atoms with Crippen molar-refractivity contribution in [3.05, 3.63) is 71.4 Å². The minimum atomic E-state index is 0.0580. The molecule has 2 aromatic carbocycles. The molecule has 0 bridgehead atoms. The first-order chi connectivity index (χ1) is 10.1. The highest BCUT2D eigenvalue weighted by atomic mass is 14.8. The van der Waals surface area contributed by atoms with Crippen LogP contribution in [0.15, 0.2) is 54.7 Å². The third-order valence-electron chi connectivity index (χ3n) is 2.94. The van der Waals surface area contributed by atoms with Gasteiger partial charge in [-0.25, -0.2) is 0 Å². The molecule has 0 atom stereocenters. The molecule has 5 nitrogen and oxygen atoms in total. The minimum Gasteiger partial charge on any atom is -0.384 e. The Morgan fingerprint density at radius 3 is 1.76 bits per heavy atom. The Bertz CT molecular complexity index is 669. The normalized spacial score (nSPS) is 10.5. The molecular weight excluding hydrogens is 262 g/mol. The van der Waals surface area contributed by atoms with Gasteiger partial charge in [0.2, 0.25) is 0 Å². The number of hydrogen-bond acceptors (Lipinski definition) is 3. The van der Waals surface area contributed by atoms with Crippen molar-refractivity contribution in [2.24, 2.45) is 11.5 Å². The number of benzene rings is 2. The number of rotatable bonds is 5. The van der Waals surface area contributed by atoms with Gasteiger partial charge in [-0.05, 0) is 35.9 Å². The summed E-state index contributed by atoms with van der Waals surface area (Å²) in [5.41, 5.74) is 14.1. The number of anilines is 1. The van der Waals surface area contributed by atoms with Crippen molar-refractivity contribution in [2.75, 3.05) is 5.32 Å². The highest BCUT2D eigenvalue weighted by molar-refractivity contribution is 5.95. The van der Waals surface area contributed by atoms with E-state index in [1.165, 1.54) is 0 Å². The summed E-state index contributed by atoms with van der Waals surface area (Å²) in [5.74, 6) is 0.122. The topological polar surface area (TPSA) is 112 Å². The van der Waals surface area contributed by atoms with Crippen LogP contribution < -0.4 is 16.8 Å². The van der Waals surface area contributed by atoms with Crippen LogP contribution in [-0.4, -0.2) is 11.7 Å². The first-order valence-electron chi connectivity index (χ1n) is 6.38. The Morgan fingerprint density at radius 2 is 1.29 bits per heavy atom. The predicted octanol–water partition coefficient (Wildman–Crippen LogP) is 2.34. The van der Waals surface area contributed by atoms with Gasteiger partial charge in [-0.15, -0.1) is 0 Å². The van der Waals surface area contributed by atoms with Gasteiger partial charge in [-0.3, -0.25) is 10.8 Å². The molecule has 7 N–H and O–H groups in total. The van der Waals surface area contributed by atoms with Crippen LogP contribution in [0.2, 0.25) is 0 Å². The molecule has 0 heterocycles. The van der Waals surface area contributed by atoms with Crippen molar-refractivity contribution in [3.8, 4) is 0 Å². The summed E-state index contributed by atoms with van der Waals surface area (Å²) in [7, 11) is 0. The lowest BCUT2D eigenvalue weighted by molar-refractivity contribution is 1.42. The molecule has 2 aromatic rings. The van der Waals surface area contributed by atoms with E-state index in [0.29, 0.717) is 11.1 Å². The lowest BCUT2D eigenvalue weighted by Crippen LogP contribution is -2.10. The smallest absolute Gasteiger partial charge is 0.122 e. The first-order valence-corrected chi connectivity index (χ1v) is 6.38. The molecule has 0 aliphatic rings. The molecule has 0 aliphatic heterocycles. The summed E-state index contributed by atoms with van der Waals surface area (Å²) in [6.45, 7) is 0. The van der Waals surface area contributed by atoms with E-state index >= 15 is 0 Å². The van der Waals surface area contributed by atoms with Gasteiger partial charge in [0.05, 0.1) is 0 Å². The Morgan fingerprint density at radius 1 is 0.810 bits per heavy atom. The van der Waals surface area contributed by atoms with E-state index in [0.717, 1.165) is 11.3 Å². The van der Waals surface area contributed by atoms with Crippen LogP contribution in [0, 0.1) is 10.8 Å². The fourth-order valence-electron chi connectivity index (χ4n) is 1.75. The lowest BCUT2D eigenvalue weighted by atomic mass is 10.1. The van der Waals surface area contributed by atoms with Crippen molar-refractivity contribution < 1.29 is 0 Å². The molecule has 0 fully saturated rings. The largest absolute Gasteiger partial charge is 0.384 e. The summed E-state index contributed by atoms with van der Waals surface area (Å²) in [4.78, 5) is 0. The summed E-state index contributed by atoms with van der Waals surface area (Å²) >= 11 is 0. The molecule has 0 unspecified atom stereocenters. The van der Waals surface area contributed by atoms with Crippen LogP contribution in [-0.2, 0) is 0 Å². The van der Waals surface area contributed by atoms with Crippen LogP contribution in [0.25, 0.3) is 6.08 Å². The van der Waals surface area contributed by atoms with E-state index in [9.17, 15) is 0 Å². The predicted molar refractivity (Wildman–Crippen MR) is 87.6 cm³/mol. The van der Waals surface area contributed by atoms with Crippen molar-refractivity contribution >= 4 is 23.4 Å². The Kier molecular flexibility index (Phi) is 4.36. The Balaban J connectivity index is 1.98. The zero-order valence-electron chi connectivity index (χ0n) is 11.4. The molecule has 0 aliphatic carbocycles. The summed E-state index contributed by atoms with van der Waals surface area (Å²) in [6.07, 6.45) is 3.74. The number of hydrogen-bond donors (Lipinski definition) is 5. The van der Waals surface area contributed by atoms with Gasteiger partial charge in [0.1, 0.15) is 11.7 Å². The SMILES string of the molecule is N=C(N)c1ccc(/C=C/Nc2ccc(C(=N)N)cc2)cc1. The number of nitrogens with one attached hydrogen (secondary N) is 3. The lowest BCUT2D eigenvalue weighted by Gasteiger charge is -2.03. The standard InChI is InChI=1S/C16H17N5/c17-15(18)12-3-1-11(2-4-12)9-10-21-14-7-5-13(6-8-14)16(19)20/h1-10,21H,(H3,17,18)(H3,19,20)/b10-9+. The summed E-state index contributed by atoms with van der Waals surface area (Å²) in [5, 5.41) is 17.8. The fourth-order valence-corrected chi connectivity index (χ4v) is 1.75. The van der Waals surface area contributed by atoms with E-state index in [4.69, 9.17) is 22.3 Å². The van der Waals surface area contributed by atoms with Crippen LogP contribution >= 0.6 is 0 Å². The van der Waals surface area contributed by atoms with E-state index < -0.39 is 0 Å². The maximum Gasteiger partial charge on any atom is 0.122 e. The monoisotopic (exact) mass is 279 g/mol. The maximum absolute atomic E-state index is 7.33. The molecule has 2 rings (SSSR count). The number of nitrogen functional groups attached to an aromatic ring is 2. The van der Waals surface area contributed by atoms with Crippen LogP contribution in [0.5, 0.6) is 0 Å². The third kappa shape index (κ3) is 3.94. The molecule has 0 saturated carbocycles. The van der Waals surface area contributed by atoms with Crippen LogP contribution in [0.4, 0.5) is 5.69 Å². The summed E-state index contributed by atoms with van der Waals surface area (Å²) in [6, 6.07) is 14.7. The maximum atomic E-state index is 7.33. The second-order valence-corrected chi connectivity index (χ2v) is 4.50. The van der Waals surface area contributed by atoms with Crippen molar-refractivity contribution in [3.63, 3.8) is 0 Å². The third-order valence-corrected chi connectivity index (χ3v) is 2.94. The average Bonchev–Trinajstić information content (AvgIpc) is 2.48. The van der Waals surface area contributed by atoms with Gasteiger partial charge < -0.3 is 16.8 Å². The summed E-state index contributed by atoms with van der Waals surface area (Å²) < 4.78 is 0. The molecular formula is C16H17N5. The van der Waals surface area contributed by atoms with Crippen LogP contribution in [0.1, 0.15) is 16.7 Å². The molecule has 0 amide bonds. The molecule has 0 aromatic heterocycles. The van der Waals surface area contributed by atoms with Gasteiger partial charge in [0.25, 0.3) is 0 Å². The minimum absolute atomic E-state index is 0.0580. The zero-order chi connectivity index (χ0) is 15.2. The second-order valence-electron chi connectivity index (χ2n) is 4.50. The van der Waals surface area contributed by atoms with Crippen molar-refractivity contribution in [2.45, 2.75) is 0 Å². The second kappa shape index (κ2) is 6.38. The Hall–Kier alpha value is -3.08. The zero-order valence-corrected chi connectivity index (χ0v) is 11.4. The van der Waals surface area contributed by atoms with Gasteiger partial charge in [-0.1, -0.05) is 24.3 Å². The van der Waals surface area contributed by atoms with Gasteiger partial charge in [-0.2, -0.15) is 0 Å². The molecule has 21 heavy (non-hydrogen) atoms. The van der Waals surface area contributed by atoms with E-state index in [-0.39, 0.29) is 11.7 Å². The highest BCUT2D eigenvalue weighted by Gasteiger charge is 1.96. The van der Waals surface area contributed by atoms with Crippen molar-refractivity contribution in [1.82, 2.24) is 0 Å². The average molecular weight is 279 g/mol. The molecule has 0 radical (unpaired) electrons. The molecule has 0 spiro atoms. The van der Waals surface area contributed by atoms with Crippen LogP contribution in [0.3, 0.4) is 0 Å².